The first-order chi connectivity index (χ1) is 8.57. The van der Waals surface area contributed by atoms with E-state index in [1.54, 1.807) is 4.31 Å². The summed E-state index contributed by atoms with van der Waals surface area (Å²) in [5.41, 5.74) is 5.78. The molecule has 2 aliphatic heterocycles. The molecule has 18 heavy (non-hydrogen) atoms. The van der Waals surface area contributed by atoms with Crippen LogP contribution in [0, 0.1) is 5.92 Å². The van der Waals surface area contributed by atoms with Gasteiger partial charge in [0.25, 0.3) is 0 Å². The minimum absolute atomic E-state index is 0.0217. The largest absolute Gasteiger partial charge is 0.381 e. The Bertz CT molecular complexity index is 366. The highest BCUT2D eigenvalue weighted by atomic mass is 32.2. The third-order valence-corrected chi connectivity index (χ3v) is 6.64. The van der Waals surface area contributed by atoms with Gasteiger partial charge in [0.05, 0.1) is 5.25 Å². The maximum Gasteiger partial charge on any atom is 0.217 e. The number of sulfonamides is 1. The van der Waals surface area contributed by atoms with Crippen molar-refractivity contribution in [2.45, 2.75) is 43.9 Å². The van der Waals surface area contributed by atoms with E-state index in [2.05, 4.69) is 6.92 Å². The van der Waals surface area contributed by atoms with Gasteiger partial charge in [0.2, 0.25) is 10.0 Å². The topological polar surface area (TPSA) is 72.6 Å². The molecule has 0 amide bonds. The molecule has 2 atom stereocenters. The molecule has 2 N–H and O–H groups in total. The highest BCUT2D eigenvalue weighted by Crippen LogP contribution is 2.29. The van der Waals surface area contributed by atoms with Crippen molar-refractivity contribution in [1.29, 1.82) is 0 Å². The zero-order valence-corrected chi connectivity index (χ0v) is 11.9. The van der Waals surface area contributed by atoms with Gasteiger partial charge in [-0.1, -0.05) is 6.92 Å². The van der Waals surface area contributed by atoms with Crippen LogP contribution in [0.4, 0.5) is 0 Å². The molecule has 0 aliphatic carbocycles. The van der Waals surface area contributed by atoms with Crippen LogP contribution >= 0.6 is 0 Å². The summed E-state index contributed by atoms with van der Waals surface area (Å²) in [5, 5.41) is -0.273. The Morgan fingerprint density at radius 3 is 2.56 bits per heavy atom. The molecular weight excluding hydrogens is 252 g/mol. The Kier molecular flexibility index (Phi) is 4.64. The molecule has 2 heterocycles. The molecule has 0 aromatic heterocycles. The molecule has 2 saturated heterocycles. The number of piperidine rings is 1. The van der Waals surface area contributed by atoms with Gasteiger partial charge in [0.1, 0.15) is 0 Å². The lowest BCUT2D eigenvalue weighted by atomic mass is 9.93. The van der Waals surface area contributed by atoms with Gasteiger partial charge in [-0.2, -0.15) is 4.31 Å². The van der Waals surface area contributed by atoms with Gasteiger partial charge < -0.3 is 10.5 Å². The normalized spacial score (nSPS) is 32.6. The summed E-state index contributed by atoms with van der Waals surface area (Å²) >= 11 is 0. The van der Waals surface area contributed by atoms with Gasteiger partial charge in [-0.15, -0.1) is 0 Å². The zero-order chi connectivity index (χ0) is 13.2. The number of ether oxygens (including phenoxy) is 1. The lowest BCUT2D eigenvalue weighted by Crippen LogP contribution is -2.54. The second-order valence-electron chi connectivity index (χ2n) is 5.39. The van der Waals surface area contributed by atoms with Crippen molar-refractivity contribution in [2.24, 2.45) is 11.7 Å². The van der Waals surface area contributed by atoms with Crippen LogP contribution in [0.25, 0.3) is 0 Å². The summed E-state index contributed by atoms with van der Waals surface area (Å²) in [6.45, 7) is 4.26. The first-order valence-corrected chi connectivity index (χ1v) is 8.36. The third kappa shape index (κ3) is 2.71. The predicted octanol–water partition coefficient (Wildman–Crippen LogP) is 0.554. The van der Waals surface area contributed by atoms with E-state index in [1.807, 2.05) is 0 Å². The van der Waals surface area contributed by atoms with E-state index in [9.17, 15) is 8.42 Å². The molecule has 2 rings (SSSR count). The van der Waals surface area contributed by atoms with E-state index >= 15 is 0 Å². The second kappa shape index (κ2) is 5.86. The van der Waals surface area contributed by atoms with Crippen LogP contribution in [0.1, 0.15) is 32.6 Å². The summed E-state index contributed by atoms with van der Waals surface area (Å²) in [7, 11) is -3.21. The molecule has 0 radical (unpaired) electrons. The molecule has 2 unspecified atom stereocenters. The van der Waals surface area contributed by atoms with E-state index in [4.69, 9.17) is 10.5 Å². The molecule has 0 bridgehead atoms. The first-order valence-electron chi connectivity index (χ1n) is 6.86. The fraction of sp³-hybridized carbons (Fsp3) is 1.00. The van der Waals surface area contributed by atoms with E-state index < -0.39 is 10.0 Å². The van der Waals surface area contributed by atoms with Crippen LogP contribution in [-0.2, 0) is 14.8 Å². The summed E-state index contributed by atoms with van der Waals surface area (Å²) in [5.74, 6) is 0.360. The van der Waals surface area contributed by atoms with Crippen molar-refractivity contribution < 1.29 is 13.2 Å². The van der Waals surface area contributed by atoms with Crippen LogP contribution in [-0.4, -0.2) is 50.3 Å². The Hall–Kier alpha value is -0.170. The second-order valence-corrected chi connectivity index (χ2v) is 7.56. The molecule has 0 aromatic rings. The van der Waals surface area contributed by atoms with E-state index in [0.717, 1.165) is 12.8 Å². The summed E-state index contributed by atoms with van der Waals surface area (Å²) in [6, 6.07) is -0.0217. The molecule has 6 heteroatoms. The summed E-state index contributed by atoms with van der Waals surface area (Å²) in [6.07, 6.45) is 3.25. The standard InChI is InChI=1S/C12H24N2O3S/c1-10-3-2-6-14(12(10)9-13)18(15,16)11-4-7-17-8-5-11/h10-12H,2-9,13H2,1H3. The van der Waals surface area contributed by atoms with E-state index in [0.29, 0.717) is 45.1 Å². The van der Waals surface area contributed by atoms with Gasteiger partial charge in [0.15, 0.2) is 0 Å². The average molecular weight is 276 g/mol. The molecule has 5 nitrogen and oxygen atoms in total. The van der Waals surface area contributed by atoms with Gasteiger partial charge in [0, 0.05) is 32.3 Å². The van der Waals surface area contributed by atoms with Crippen molar-refractivity contribution in [3.05, 3.63) is 0 Å². The molecular formula is C12H24N2O3S. The van der Waals surface area contributed by atoms with Gasteiger partial charge in [-0.25, -0.2) is 8.42 Å². The van der Waals surface area contributed by atoms with Crippen molar-refractivity contribution in [2.75, 3.05) is 26.3 Å². The molecule has 2 aliphatic rings. The molecule has 0 aromatic carbocycles. The third-order valence-electron chi connectivity index (χ3n) is 4.22. The first kappa shape index (κ1) is 14.2. The highest BCUT2D eigenvalue weighted by molar-refractivity contribution is 7.89. The van der Waals surface area contributed by atoms with E-state index in [1.165, 1.54) is 0 Å². The van der Waals surface area contributed by atoms with Crippen molar-refractivity contribution in [1.82, 2.24) is 4.31 Å². The summed E-state index contributed by atoms with van der Waals surface area (Å²) < 4.78 is 32.3. The van der Waals surface area contributed by atoms with Crippen LogP contribution in [0.3, 0.4) is 0 Å². The number of nitrogens with zero attached hydrogens (tertiary/aromatic N) is 1. The van der Waals surface area contributed by atoms with Crippen LogP contribution in [0.5, 0.6) is 0 Å². The molecule has 106 valence electrons. The highest BCUT2D eigenvalue weighted by Gasteiger charge is 2.40. The fourth-order valence-corrected chi connectivity index (χ4v) is 5.27. The molecule has 0 spiro atoms. The van der Waals surface area contributed by atoms with Crippen LogP contribution in [0.15, 0.2) is 0 Å². The molecule has 0 saturated carbocycles. The lowest BCUT2D eigenvalue weighted by Gasteiger charge is -2.40. The maximum absolute atomic E-state index is 12.7. The van der Waals surface area contributed by atoms with E-state index in [-0.39, 0.29) is 11.3 Å². The predicted molar refractivity (Wildman–Crippen MR) is 70.7 cm³/mol. The lowest BCUT2D eigenvalue weighted by molar-refractivity contribution is 0.0954. The Morgan fingerprint density at radius 2 is 1.94 bits per heavy atom. The SMILES string of the molecule is CC1CCCN(S(=O)(=O)C2CCOCC2)C1CN. The quantitative estimate of drug-likeness (QED) is 0.817. The van der Waals surface area contributed by atoms with Gasteiger partial charge >= 0.3 is 0 Å². The smallest absolute Gasteiger partial charge is 0.217 e. The fourth-order valence-electron chi connectivity index (χ4n) is 3.04. The Labute approximate surface area is 110 Å². The van der Waals surface area contributed by atoms with Crippen molar-refractivity contribution in [3.63, 3.8) is 0 Å². The zero-order valence-electron chi connectivity index (χ0n) is 11.0. The Balaban J connectivity index is 2.16. The summed E-state index contributed by atoms with van der Waals surface area (Å²) in [4.78, 5) is 0. The number of nitrogens with two attached hydrogens (primary N) is 1. The van der Waals surface area contributed by atoms with Crippen molar-refractivity contribution in [3.8, 4) is 0 Å². The van der Waals surface area contributed by atoms with Gasteiger partial charge in [-0.3, -0.25) is 0 Å². The average Bonchev–Trinajstić information content (AvgIpc) is 2.39. The number of rotatable bonds is 3. The number of hydrogen-bond acceptors (Lipinski definition) is 4. The van der Waals surface area contributed by atoms with Gasteiger partial charge in [-0.05, 0) is 31.6 Å². The van der Waals surface area contributed by atoms with Crippen molar-refractivity contribution >= 4 is 10.0 Å². The molecule has 2 fully saturated rings. The minimum Gasteiger partial charge on any atom is -0.381 e. The number of hydrogen-bond donors (Lipinski definition) is 1. The van der Waals surface area contributed by atoms with Crippen LogP contribution < -0.4 is 5.73 Å². The maximum atomic E-state index is 12.7. The monoisotopic (exact) mass is 276 g/mol. The minimum atomic E-state index is -3.21. The van der Waals surface area contributed by atoms with Crippen LogP contribution in [0.2, 0.25) is 0 Å². The Morgan fingerprint density at radius 1 is 1.28 bits per heavy atom.